The number of nitrogen functional groups attached to an aromatic ring is 1. The second kappa shape index (κ2) is 3.22. The molecular weight excluding hydrogens is 128 g/mol. The highest BCUT2D eigenvalue weighted by atomic mass is 15.1. The molecule has 1 heterocycles. The van der Waals surface area contributed by atoms with Gasteiger partial charge in [0.2, 0.25) is 0 Å². The van der Waals surface area contributed by atoms with E-state index in [1.807, 2.05) is 4.57 Å². The Kier molecular flexibility index (Phi) is 2.28. The molecule has 0 atom stereocenters. The van der Waals surface area contributed by atoms with Crippen molar-refractivity contribution in [2.24, 2.45) is 5.73 Å². The van der Waals surface area contributed by atoms with Crippen LogP contribution in [0.5, 0.6) is 0 Å². The van der Waals surface area contributed by atoms with Gasteiger partial charge >= 0.3 is 0 Å². The molecule has 10 heavy (non-hydrogen) atoms. The van der Waals surface area contributed by atoms with Crippen LogP contribution >= 0.6 is 0 Å². The summed E-state index contributed by atoms with van der Waals surface area (Å²) >= 11 is 0. The molecule has 0 aromatic carbocycles. The van der Waals surface area contributed by atoms with Crippen LogP contribution in [-0.4, -0.2) is 16.1 Å². The fraction of sp³-hybridized carbons (Fsp3) is 0.500. The van der Waals surface area contributed by atoms with Crippen molar-refractivity contribution < 1.29 is 0 Å². The third-order valence-electron chi connectivity index (χ3n) is 1.35. The minimum Gasteiger partial charge on any atom is -0.384 e. The average molecular weight is 140 g/mol. The van der Waals surface area contributed by atoms with E-state index in [-0.39, 0.29) is 0 Å². The van der Waals surface area contributed by atoms with Crippen molar-refractivity contribution in [3.63, 3.8) is 0 Å². The maximum absolute atomic E-state index is 5.54. The molecule has 0 radical (unpaired) electrons. The minimum absolute atomic E-state index is 0.692. The highest BCUT2D eigenvalue weighted by Gasteiger charge is 1.93. The molecule has 1 aromatic heterocycles. The molecule has 1 rings (SSSR count). The van der Waals surface area contributed by atoms with Crippen molar-refractivity contribution in [3.05, 3.63) is 12.5 Å². The molecule has 4 nitrogen and oxygen atoms in total. The molecule has 1 aromatic rings. The molecule has 56 valence electrons. The summed E-state index contributed by atoms with van der Waals surface area (Å²) in [4.78, 5) is 3.87. The van der Waals surface area contributed by atoms with Crippen molar-refractivity contribution >= 4 is 5.82 Å². The number of hydrogen-bond donors (Lipinski definition) is 2. The van der Waals surface area contributed by atoms with E-state index in [4.69, 9.17) is 11.5 Å². The molecule has 4 N–H and O–H groups in total. The van der Waals surface area contributed by atoms with E-state index < -0.39 is 0 Å². The second-order valence-electron chi connectivity index (χ2n) is 2.15. The fourth-order valence-corrected chi connectivity index (χ4v) is 0.779. The van der Waals surface area contributed by atoms with Gasteiger partial charge in [-0.05, 0) is 13.0 Å². The van der Waals surface area contributed by atoms with Crippen LogP contribution < -0.4 is 11.5 Å². The summed E-state index contributed by atoms with van der Waals surface area (Å²) in [7, 11) is 0. The number of nitrogens with zero attached hydrogens (tertiary/aromatic N) is 2. The van der Waals surface area contributed by atoms with Gasteiger partial charge in [0.05, 0.1) is 12.5 Å². The van der Waals surface area contributed by atoms with Gasteiger partial charge in [-0.15, -0.1) is 0 Å². The normalized spacial score (nSPS) is 10.1. The minimum atomic E-state index is 0.692. The van der Waals surface area contributed by atoms with Gasteiger partial charge in [-0.2, -0.15) is 0 Å². The zero-order valence-electron chi connectivity index (χ0n) is 5.83. The number of nitrogens with two attached hydrogens (primary N) is 2. The third-order valence-corrected chi connectivity index (χ3v) is 1.35. The molecule has 0 amide bonds. The first kappa shape index (κ1) is 7.08. The van der Waals surface area contributed by atoms with E-state index in [9.17, 15) is 0 Å². The maximum atomic E-state index is 5.54. The van der Waals surface area contributed by atoms with Gasteiger partial charge in [0.15, 0.2) is 0 Å². The quantitative estimate of drug-likeness (QED) is 0.611. The Morgan fingerprint density at radius 3 is 2.90 bits per heavy atom. The molecule has 0 bridgehead atoms. The lowest BCUT2D eigenvalue weighted by atomic mass is 10.4. The predicted octanol–water partition coefficient (Wildman–Crippen LogP) is -0.186. The zero-order chi connectivity index (χ0) is 7.40. The summed E-state index contributed by atoms with van der Waals surface area (Å²) in [5, 5.41) is 0. The first-order valence-electron chi connectivity index (χ1n) is 3.30. The van der Waals surface area contributed by atoms with Gasteiger partial charge in [0.25, 0.3) is 0 Å². The lowest BCUT2D eigenvalue weighted by molar-refractivity contribution is 0.657. The third kappa shape index (κ3) is 1.48. The zero-order valence-corrected chi connectivity index (χ0v) is 5.83. The summed E-state index contributed by atoms with van der Waals surface area (Å²) in [5.41, 5.74) is 10.9. The van der Waals surface area contributed by atoms with Crippen molar-refractivity contribution in [3.8, 4) is 0 Å². The highest BCUT2D eigenvalue weighted by molar-refractivity contribution is 5.24. The maximum Gasteiger partial charge on any atom is 0.123 e. The highest BCUT2D eigenvalue weighted by Crippen LogP contribution is 1.99. The molecule has 0 unspecified atom stereocenters. The molecule has 0 aliphatic carbocycles. The predicted molar refractivity (Wildman–Crippen MR) is 40.3 cm³/mol. The van der Waals surface area contributed by atoms with Crippen molar-refractivity contribution in [1.82, 2.24) is 9.55 Å². The van der Waals surface area contributed by atoms with Gasteiger partial charge < -0.3 is 16.0 Å². The first-order valence-corrected chi connectivity index (χ1v) is 3.30. The van der Waals surface area contributed by atoms with Crippen LogP contribution in [-0.2, 0) is 6.54 Å². The molecule has 0 aliphatic rings. The summed E-state index contributed by atoms with van der Waals surface area (Å²) < 4.78 is 1.88. The Morgan fingerprint density at radius 2 is 2.40 bits per heavy atom. The lowest BCUT2D eigenvalue weighted by Gasteiger charge is -2.01. The summed E-state index contributed by atoms with van der Waals surface area (Å²) in [6, 6.07) is 0. The van der Waals surface area contributed by atoms with Gasteiger partial charge in [-0.25, -0.2) is 4.98 Å². The van der Waals surface area contributed by atoms with Crippen LogP contribution in [0.3, 0.4) is 0 Å². The summed E-state index contributed by atoms with van der Waals surface area (Å²) in [6.07, 6.45) is 4.29. The van der Waals surface area contributed by atoms with Crippen molar-refractivity contribution in [1.29, 1.82) is 0 Å². The topological polar surface area (TPSA) is 69.9 Å². The van der Waals surface area contributed by atoms with Gasteiger partial charge in [0.1, 0.15) is 5.82 Å². The first-order chi connectivity index (χ1) is 4.84. The van der Waals surface area contributed by atoms with E-state index in [1.165, 1.54) is 0 Å². The number of hydrogen-bond acceptors (Lipinski definition) is 3. The Balaban J connectivity index is 2.49. The monoisotopic (exact) mass is 140 g/mol. The summed E-state index contributed by atoms with van der Waals surface area (Å²) in [5.74, 6) is 0.702. The molecule has 0 saturated carbocycles. The van der Waals surface area contributed by atoms with E-state index in [0.29, 0.717) is 12.4 Å². The van der Waals surface area contributed by atoms with Crippen molar-refractivity contribution in [2.75, 3.05) is 12.3 Å². The SMILES string of the molecule is NCCCn1cncc1N. The number of aromatic nitrogens is 2. The molecule has 0 saturated heterocycles. The van der Waals surface area contributed by atoms with E-state index >= 15 is 0 Å². The second-order valence-corrected chi connectivity index (χ2v) is 2.15. The van der Waals surface area contributed by atoms with E-state index in [0.717, 1.165) is 13.0 Å². The van der Waals surface area contributed by atoms with Gasteiger partial charge in [0, 0.05) is 6.54 Å². The van der Waals surface area contributed by atoms with Crippen molar-refractivity contribution in [2.45, 2.75) is 13.0 Å². The Morgan fingerprint density at radius 1 is 1.60 bits per heavy atom. The van der Waals surface area contributed by atoms with E-state index in [2.05, 4.69) is 4.98 Å². The van der Waals surface area contributed by atoms with Gasteiger partial charge in [-0.1, -0.05) is 0 Å². The van der Waals surface area contributed by atoms with E-state index in [1.54, 1.807) is 12.5 Å². The van der Waals surface area contributed by atoms with Crippen LogP contribution in [0.15, 0.2) is 12.5 Å². The lowest BCUT2D eigenvalue weighted by Crippen LogP contribution is -2.06. The number of anilines is 1. The van der Waals surface area contributed by atoms with Crippen LogP contribution in [0.1, 0.15) is 6.42 Å². The molecular formula is C6H12N4. The molecule has 0 spiro atoms. The number of aryl methyl sites for hydroxylation is 1. The molecule has 0 fully saturated rings. The van der Waals surface area contributed by atoms with Crippen LogP contribution in [0.2, 0.25) is 0 Å². The Labute approximate surface area is 59.8 Å². The summed E-state index contributed by atoms with van der Waals surface area (Å²) in [6.45, 7) is 1.56. The molecule has 4 heteroatoms. The van der Waals surface area contributed by atoms with Crippen LogP contribution in [0.4, 0.5) is 5.82 Å². The average Bonchev–Trinajstić information content (AvgIpc) is 2.31. The Bertz CT molecular complexity index is 193. The smallest absolute Gasteiger partial charge is 0.123 e. The number of imidazole rings is 1. The Hall–Kier alpha value is -1.03. The largest absolute Gasteiger partial charge is 0.384 e. The molecule has 0 aliphatic heterocycles. The standard InChI is InChI=1S/C6H12N4/c7-2-1-3-10-5-9-4-6(10)8/h4-5H,1-3,7-8H2. The fourth-order valence-electron chi connectivity index (χ4n) is 0.779. The van der Waals surface area contributed by atoms with Crippen LogP contribution in [0, 0.1) is 0 Å². The van der Waals surface area contributed by atoms with Crippen LogP contribution in [0.25, 0.3) is 0 Å². The van der Waals surface area contributed by atoms with Gasteiger partial charge in [-0.3, -0.25) is 0 Å². The number of rotatable bonds is 3.